The third-order valence-electron chi connectivity index (χ3n) is 1.75. The van der Waals surface area contributed by atoms with Gasteiger partial charge in [0.05, 0.1) is 0 Å². The molecule has 0 aromatic carbocycles. The van der Waals surface area contributed by atoms with E-state index in [2.05, 4.69) is 5.32 Å². The zero-order valence-corrected chi connectivity index (χ0v) is 7.76. The van der Waals surface area contributed by atoms with Gasteiger partial charge in [-0.1, -0.05) is 13.8 Å². The minimum Gasteiger partial charge on any atom is -0.396 e. The number of carbonyl (C=O) groups excluding carboxylic acids is 1. The molecular weight excluding hydrogens is 156 g/mol. The molecule has 4 N–H and O–H groups in total. The van der Waals surface area contributed by atoms with Gasteiger partial charge in [-0.25, -0.2) is 4.79 Å². The van der Waals surface area contributed by atoms with Gasteiger partial charge < -0.3 is 16.2 Å². The summed E-state index contributed by atoms with van der Waals surface area (Å²) in [5.41, 5.74) is 4.94. The molecule has 2 amide bonds. The maximum atomic E-state index is 10.4. The second-order valence-corrected chi connectivity index (χ2v) is 3.71. The van der Waals surface area contributed by atoms with Gasteiger partial charge in [-0.15, -0.1) is 0 Å². The Bertz CT molecular complexity index is 146. The smallest absolute Gasteiger partial charge is 0.312 e. The van der Waals surface area contributed by atoms with Gasteiger partial charge in [-0.05, 0) is 18.3 Å². The van der Waals surface area contributed by atoms with Crippen molar-refractivity contribution in [2.24, 2.45) is 11.1 Å². The molecule has 72 valence electrons. The van der Waals surface area contributed by atoms with E-state index in [4.69, 9.17) is 10.8 Å². The molecule has 0 radical (unpaired) electrons. The summed E-state index contributed by atoms with van der Waals surface area (Å²) in [6, 6.07) is -0.493. The number of nitrogens with two attached hydrogens (primary N) is 1. The minimum atomic E-state index is -0.493. The molecule has 0 atom stereocenters. The molecule has 0 aromatic heterocycles. The van der Waals surface area contributed by atoms with Gasteiger partial charge in [0.25, 0.3) is 0 Å². The lowest BCUT2D eigenvalue weighted by atomic mass is 9.88. The van der Waals surface area contributed by atoms with Crippen LogP contribution < -0.4 is 11.1 Å². The van der Waals surface area contributed by atoms with Gasteiger partial charge in [0.15, 0.2) is 0 Å². The Labute approximate surface area is 73.1 Å². The first-order chi connectivity index (χ1) is 5.48. The summed E-state index contributed by atoms with van der Waals surface area (Å²) in [5, 5.41) is 11.1. The van der Waals surface area contributed by atoms with Crippen molar-refractivity contribution < 1.29 is 9.90 Å². The van der Waals surface area contributed by atoms with Gasteiger partial charge in [-0.3, -0.25) is 0 Å². The maximum Gasteiger partial charge on any atom is 0.312 e. The lowest BCUT2D eigenvalue weighted by Gasteiger charge is -2.23. The number of hydrogen-bond donors (Lipinski definition) is 3. The molecule has 0 heterocycles. The highest BCUT2D eigenvalue weighted by molar-refractivity contribution is 5.71. The van der Waals surface area contributed by atoms with Gasteiger partial charge >= 0.3 is 6.03 Å². The van der Waals surface area contributed by atoms with E-state index < -0.39 is 6.03 Å². The van der Waals surface area contributed by atoms with Gasteiger partial charge in [0.2, 0.25) is 0 Å². The van der Waals surface area contributed by atoms with Crippen LogP contribution in [0.1, 0.15) is 26.7 Å². The van der Waals surface area contributed by atoms with Crippen LogP contribution in [0.3, 0.4) is 0 Å². The van der Waals surface area contributed by atoms with Crippen molar-refractivity contribution in [2.75, 3.05) is 13.2 Å². The Morgan fingerprint density at radius 2 is 2.17 bits per heavy atom. The third kappa shape index (κ3) is 5.97. The predicted molar refractivity (Wildman–Crippen MR) is 47.7 cm³/mol. The Balaban J connectivity index is 3.63. The van der Waals surface area contributed by atoms with Crippen molar-refractivity contribution in [3.8, 4) is 0 Å². The number of hydrogen-bond acceptors (Lipinski definition) is 2. The van der Waals surface area contributed by atoms with E-state index >= 15 is 0 Å². The number of primary amides is 1. The standard InChI is InChI=1S/C8H18N2O2/c1-8(2,4-3-5-11)6-10-7(9)12/h11H,3-6H2,1-2H3,(H3,9,10,12). The number of urea groups is 1. The average molecular weight is 174 g/mol. The molecule has 0 unspecified atom stereocenters. The number of carbonyl (C=O) groups is 1. The molecule has 4 heteroatoms. The number of aliphatic hydroxyl groups is 1. The van der Waals surface area contributed by atoms with Crippen LogP contribution in [0.25, 0.3) is 0 Å². The average Bonchev–Trinajstić information content (AvgIpc) is 1.98. The Morgan fingerprint density at radius 3 is 2.58 bits per heavy atom. The molecule has 0 aromatic rings. The second-order valence-electron chi connectivity index (χ2n) is 3.71. The highest BCUT2D eigenvalue weighted by Crippen LogP contribution is 2.20. The van der Waals surface area contributed by atoms with Gasteiger partial charge in [0.1, 0.15) is 0 Å². The maximum absolute atomic E-state index is 10.4. The minimum absolute atomic E-state index is 0.0117. The first-order valence-electron chi connectivity index (χ1n) is 4.12. The Hall–Kier alpha value is -0.770. The Kier molecular flexibility index (Phi) is 4.66. The third-order valence-corrected chi connectivity index (χ3v) is 1.75. The molecule has 0 aliphatic carbocycles. The van der Waals surface area contributed by atoms with E-state index in [1.807, 2.05) is 13.8 Å². The highest BCUT2D eigenvalue weighted by atomic mass is 16.2. The van der Waals surface area contributed by atoms with Crippen LogP contribution >= 0.6 is 0 Å². The van der Waals surface area contributed by atoms with Crippen LogP contribution in [-0.2, 0) is 0 Å². The van der Waals surface area contributed by atoms with E-state index in [-0.39, 0.29) is 12.0 Å². The molecule has 4 nitrogen and oxygen atoms in total. The summed E-state index contributed by atoms with van der Waals surface area (Å²) in [6.45, 7) is 4.81. The number of nitrogens with one attached hydrogen (secondary N) is 1. The van der Waals surface area contributed by atoms with Crippen LogP contribution in [0.15, 0.2) is 0 Å². The molecule has 0 spiro atoms. The molecule has 0 aliphatic rings. The number of amides is 2. The van der Waals surface area contributed by atoms with E-state index in [0.29, 0.717) is 6.54 Å². The SMILES string of the molecule is CC(C)(CCCO)CNC(N)=O. The molecule has 0 fully saturated rings. The fourth-order valence-electron chi connectivity index (χ4n) is 0.972. The largest absolute Gasteiger partial charge is 0.396 e. The second kappa shape index (κ2) is 4.98. The van der Waals surface area contributed by atoms with Crippen molar-refractivity contribution in [2.45, 2.75) is 26.7 Å². The number of rotatable bonds is 5. The highest BCUT2D eigenvalue weighted by Gasteiger charge is 2.17. The molecule has 0 saturated heterocycles. The van der Waals surface area contributed by atoms with Crippen molar-refractivity contribution in [1.29, 1.82) is 0 Å². The van der Waals surface area contributed by atoms with Crippen LogP contribution in [0.4, 0.5) is 4.79 Å². The van der Waals surface area contributed by atoms with E-state index in [9.17, 15) is 4.79 Å². The summed E-state index contributed by atoms with van der Waals surface area (Å²) in [5.74, 6) is 0. The molecule has 12 heavy (non-hydrogen) atoms. The van der Waals surface area contributed by atoms with Crippen LogP contribution in [-0.4, -0.2) is 24.3 Å². The molecule has 0 aliphatic heterocycles. The quantitative estimate of drug-likeness (QED) is 0.566. The predicted octanol–water partition coefficient (Wildman–Crippen LogP) is 0.453. The van der Waals surface area contributed by atoms with Crippen molar-refractivity contribution >= 4 is 6.03 Å². The van der Waals surface area contributed by atoms with Gasteiger partial charge in [-0.2, -0.15) is 0 Å². The summed E-state index contributed by atoms with van der Waals surface area (Å²) in [4.78, 5) is 10.4. The monoisotopic (exact) mass is 174 g/mol. The van der Waals surface area contributed by atoms with Crippen LogP contribution in [0.5, 0.6) is 0 Å². The molecule has 0 rings (SSSR count). The topological polar surface area (TPSA) is 75.3 Å². The fourth-order valence-corrected chi connectivity index (χ4v) is 0.972. The van der Waals surface area contributed by atoms with E-state index in [1.165, 1.54) is 0 Å². The van der Waals surface area contributed by atoms with Crippen molar-refractivity contribution in [1.82, 2.24) is 5.32 Å². The zero-order chi connectivity index (χ0) is 9.61. The van der Waals surface area contributed by atoms with Gasteiger partial charge in [0, 0.05) is 13.2 Å². The van der Waals surface area contributed by atoms with E-state index in [0.717, 1.165) is 12.8 Å². The van der Waals surface area contributed by atoms with Crippen molar-refractivity contribution in [3.05, 3.63) is 0 Å². The Morgan fingerprint density at radius 1 is 1.58 bits per heavy atom. The summed E-state index contributed by atoms with van der Waals surface area (Å²) in [7, 11) is 0. The van der Waals surface area contributed by atoms with E-state index in [1.54, 1.807) is 0 Å². The lowest BCUT2D eigenvalue weighted by Crippen LogP contribution is -2.37. The molecule has 0 bridgehead atoms. The first kappa shape index (κ1) is 11.2. The summed E-state index contributed by atoms with van der Waals surface area (Å²) >= 11 is 0. The summed E-state index contributed by atoms with van der Waals surface area (Å²) in [6.07, 6.45) is 1.64. The fraction of sp³-hybridized carbons (Fsp3) is 0.875. The molecule has 0 saturated carbocycles. The van der Waals surface area contributed by atoms with Crippen LogP contribution in [0, 0.1) is 5.41 Å². The number of aliphatic hydroxyl groups excluding tert-OH is 1. The van der Waals surface area contributed by atoms with Crippen molar-refractivity contribution in [3.63, 3.8) is 0 Å². The van der Waals surface area contributed by atoms with Crippen LogP contribution in [0.2, 0.25) is 0 Å². The lowest BCUT2D eigenvalue weighted by molar-refractivity contribution is 0.226. The summed E-state index contributed by atoms with van der Waals surface area (Å²) < 4.78 is 0. The molecular formula is C8H18N2O2. The first-order valence-corrected chi connectivity index (χ1v) is 4.12. The zero-order valence-electron chi connectivity index (χ0n) is 7.76. The normalized spacial score (nSPS) is 11.2.